The number of aromatic amines is 1. The van der Waals surface area contributed by atoms with E-state index in [1.54, 1.807) is 6.92 Å². The number of aryl methyl sites for hydroxylation is 2. The van der Waals surface area contributed by atoms with E-state index in [1.165, 1.54) is 13.1 Å². The summed E-state index contributed by atoms with van der Waals surface area (Å²) in [5.74, 6) is 0. The molecule has 0 spiro atoms. The lowest BCUT2D eigenvalue weighted by Crippen LogP contribution is -2.29. The minimum atomic E-state index is -4.51. The molecule has 96 valence electrons. The summed E-state index contributed by atoms with van der Waals surface area (Å²) in [5, 5.41) is 0.0622. The quantitative estimate of drug-likeness (QED) is 0.696. The molecule has 0 saturated carbocycles. The summed E-state index contributed by atoms with van der Waals surface area (Å²) in [4.78, 5) is 24.8. The molecular weight excluding hydrogens is 260 g/mol. The molecule has 1 aromatic carbocycles. The summed E-state index contributed by atoms with van der Waals surface area (Å²) in [7, 11) is -3.20. The van der Waals surface area contributed by atoms with Gasteiger partial charge >= 0.3 is 5.69 Å². The van der Waals surface area contributed by atoms with Crippen molar-refractivity contribution in [2.24, 2.45) is 7.05 Å². The topological polar surface area (TPSA) is 109 Å². The van der Waals surface area contributed by atoms with Gasteiger partial charge in [-0.15, -0.1) is 0 Å². The lowest BCUT2D eigenvalue weighted by Gasteiger charge is -2.09. The van der Waals surface area contributed by atoms with Gasteiger partial charge in [-0.2, -0.15) is 8.42 Å². The Hall–Kier alpha value is -1.93. The molecule has 0 aliphatic carbocycles. The molecule has 0 fully saturated rings. The van der Waals surface area contributed by atoms with Crippen LogP contribution in [0.15, 0.2) is 26.6 Å². The summed E-state index contributed by atoms with van der Waals surface area (Å²) in [6.45, 7) is 1.61. The van der Waals surface area contributed by atoms with Crippen molar-refractivity contribution in [3.8, 4) is 0 Å². The smallest absolute Gasteiger partial charge is 0.295 e. The van der Waals surface area contributed by atoms with Crippen LogP contribution >= 0.6 is 0 Å². The summed E-state index contributed by atoms with van der Waals surface area (Å²) in [5.41, 5.74) is -1.03. The first-order valence-electron chi connectivity index (χ1n) is 4.93. The molecular formula is C10H10N2O5S. The number of H-pyrrole nitrogens is 1. The molecule has 2 rings (SSSR count). The number of hydrogen-bond donors (Lipinski definition) is 2. The zero-order valence-electron chi connectivity index (χ0n) is 9.59. The predicted octanol–water partition coefficient (Wildman–Crippen LogP) is -0.218. The first-order chi connectivity index (χ1) is 8.23. The van der Waals surface area contributed by atoms with Gasteiger partial charge in [0, 0.05) is 7.05 Å². The molecule has 0 unspecified atom stereocenters. The van der Waals surface area contributed by atoms with Gasteiger partial charge < -0.3 is 0 Å². The van der Waals surface area contributed by atoms with E-state index in [-0.39, 0.29) is 10.9 Å². The average Bonchev–Trinajstić information content (AvgIpc) is 2.23. The maximum Gasteiger partial charge on any atom is 0.328 e. The number of nitrogens with zero attached hydrogens (tertiary/aromatic N) is 1. The van der Waals surface area contributed by atoms with Gasteiger partial charge in [-0.25, -0.2) is 4.79 Å². The molecule has 0 radical (unpaired) electrons. The van der Waals surface area contributed by atoms with Crippen LogP contribution in [-0.2, 0) is 17.2 Å². The Morgan fingerprint density at radius 1 is 1.28 bits per heavy atom. The van der Waals surface area contributed by atoms with Gasteiger partial charge in [-0.1, -0.05) is 6.07 Å². The van der Waals surface area contributed by atoms with Crippen LogP contribution in [-0.4, -0.2) is 22.5 Å². The Labute approximate surface area is 101 Å². The minimum Gasteiger partial charge on any atom is -0.295 e. The van der Waals surface area contributed by atoms with Crippen LogP contribution in [0.4, 0.5) is 0 Å². The molecule has 0 atom stereocenters. The maximum atomic E-state index is 11.7. The second kappa shape index (κ2) is 3.79. The second-order valence-corrected chi connectivity index (χ2v) is 5.29. The van der Waals surface area contributed by atoms with E-state index in [0.29, 0.717) is 5.56 Å². The standard InChI is InChI=1S/C10H10N2O5S/c1-5-3-4-6(18(15,16)17)8-7(5)9(13)11-10(14)12(8)2/h3-4H,1-2H3,(H,11,13,14)(H,15,16,17). The lowest BCUT2D eigenvalue weighted by atomic mass is 10.1. The van der Waals surface area contributed by atoms with Crippen molar-refractivity contribution >= 4 is 21.0 Å². The summed E-state index contributed by atoms with van der Waals surface area (Å²) < 4.78 is 32.6. The van der Waals surface area contributed by atoms with E-state index in [2.05, 4.69) is 4.98 Å². The van der Waals surface area contributed by atoms with Crippen LogP contribution in [0.2, 0.25) is 0 Å². The zero-order chi connectivity index (χ0) is 13.7. The number of aromatic nitrogens is 2. The van der Waals surface area contributed by atoms with Gasteiger partial charge in [0.1, 0.15) is 4.90 Å². The van der Waals surface area contributed by atoms with E-state index in [0.717, 1.165) is 10.6 Å². The molecule has 0 saturated heterocycles. The highest BCUT2D eigenvalue weighted by Crippen LogP contribution is 2.21. The SMILES string of the molecule is Cc1ccc(S(=O)(=O)O)c2c1c(=O)[nH]c(=O)n2C. The van der Waals surface area contributed by atoms with E-state index in [9.17, 15) is 18.0 Å². The highest BCUT2D eigenvalue weighted by Gasteiger charge is 2.19. The van der Waals surface area contributed by atoms with Gasteiger partial charge in [0.25, 0.3) is 15.7 Å². The minimum absolute atomic E-state index is 0.0622. The van der Waals surface area contributed by atoms with E-state index in [4.69, 9.17) is 4.55 Å². The summed E-state index contributed by atoms with van der Waals surface area (Å²) in [6, 6.07) is 2.55. The summed E-state index contributed by atoms with van der Waals surface area (Å²) in [6.07, 6.45) is 0. The Morgan fingerprint density at radius 3 is 2.44 bits per heavy atom. The Bertz CT molecular complexity index is 860. The van der Waals surface area contributed by atoms with Crippen LogP contribution in [0, 0.1) is 6.92 Å². The fourth-order valence-electron chi connectivity index (χ4n) is 1.85. The number of nitrogens with one attached hydrogen (secondary N) is 1. The molecule has 0 bridgehead atoms. The number of fused-ring (bicyclic) bond motifs is 1. The van der Waals surface area contributed by atoms with Crippen molar-refractivity contribution in [1.82, 2.24) is 9.55 Å². The van der Waals surface area contributed by atoms with Crippen molar-refractivity contribution in [3.63, 3.8) is 0 Å². The highest BCUT2D eigenvalue weighted by atomic mass is 32.2. The molecule has 0 amide bonds. The van der Waals surface area contributed by atoms with Gasteiger partial charge in [0.2, 0.25) is 0 Å². The van der Waals surface area contributed by atoms with E-state index in [1.807, 2.05) is 0 Å². The van der Waals surface area contributed by atoms with Crippen molar-refractivity contribution in [3.05, 3.63) is 38.5 Å². The van der Waals surface area contributed by atoms with Crippen molar-refractivity contribution < 1.29 is 13.0 Å². The second-order valence-electron chi connectivity index (χ2n) is 3.90. The average molecular weight is 270 g/mol. The van der Waals surface area contributed by atoms with Crippen LogP contribution < -0.4 is 11.2 Å². The van der Waals surface area contributed by atoms with Gasteiger partial charge in [-0.3, -0.25) is 18.9 Å². The predicted molar refractivity (Wildman–Crippen MR) is 64.4 cm³/mol. The summed E-state index contributed by atoms with van der Waals surface area (Å²) >= 11 is 0. The van der Waals surface area contributed by atoms with Gasteiger partial charge in [0.15, 0.2) is 0 Å². The van der Waals surface area contributed by atoms with Crippen molar-refractivity contribution in [2.75, 3.05) is 0 Å². The van der Waals surface area contributed by atoms with E-state index >= 15 is 0 Å². The van der Waals surface area contributed by atoms with Crippen LogP contribution in [0.3, 0.4) is 0 Å². The van der Waals surface area contributed by atoms with Gasteiger partial charge in [0.05, 0.1) is 10.9 Å². The molecule has 2 aromatic rings. The Kier molecular flexibility index (Phi) is 2.63. The molecule has 2 N–H and O–H groups in total. The van der Waals surface area contributed by atoms with Gasteiger partial charge in [-0.05, 0) is 18.6 Å². The fraction of sp³-hybridized carbons (Fsp3) is 0.200. The van der Waals surface area contributed by atoms with E-state index < -0.39 is 26.3 Å². The maximum absolute atomic E-state index is 11.7. The monoisotopic (exact) mass is 270 g/mol. The number of hydrogen-bond acceptors (Lipinski definition) is 4. The third-order valence-corrected chi connectivity index (χ3v) is 3.60. The van der Waals surface area contributed by atoms with Crippen molar-refractivity contribution in [1.29, 1.82) is 0 Å². The zero-order valence-corrected chi connectivity index (χ0v) is 10.4. The third-order valence-electron chi connectivity index (χ3n) is 2.71. The normalized spacial score (nSPS) is 11.9. The molecule has 18 heavy (non-hydrogen) atoms. The molecule has 0 aliphatic rings. The number of rotatable bonds is 1. The van der Waals surface area contributed by atoms with Crippen LogP contribution in [0.1, 0.15) is 5.56 Å². The number of benzene rings is 1. The largest absolute Gasteiger partial charge is 0.328 e. The van der Waals surface area contributed by atoms with Crippen LogP contribution in [0.5, 0.6) is 0 Å². The molecule has 1 heterocycles. The molecule has 1 aromatic heterocycles. The molecule has 7 nitrogen and oxygen atoms in total. The first kappa shape index (κ1) is 12.5. The molecule has 0 aliphatic heterocycles. The third kappa shape index (κ3) is 1.75. The Morgan fingerprint density at radius 2 is 1.89 bits per heavy atom. The van der Waals surface area contributed by atoms with Crippen molar-refractivity contribution in [2.45, 2.75) is 11.8 Å². The highest BCUT2D eigenvalue weighted by molar-refractivity contribution is 7.86. The molecule has 8 heteroatoms. The fourth-order valence-corrected chi connectivity index (χ4v) is 2.57. The van der Waals surface area contributed by atoms with Crippen LogP contribution in [0.25, 0.3) is 10.9 Å². The first-order valence-corrected chi connectivity index (χ1v) is 6.37. The Balaban J connectivity index is 3.26. The lowest BCUT2D eigenvalue weighted by molar-refractivity contribution is 0.483.